The van der Waals surface area contributed by atoms with Gasteiger partial charge in [0.2, 0.25) is 0 Å². The van der Waals surface area contributed by atoms with E-state index in [2.05, 4.69) is 10.5 Å². The molecule has 0 unspecified atom stereocenters. The molecule has 4 rings (SSSR count). The van der Waals surface area contributed by atoms with Crippen molar-refractivity contribution in [2.24, 2.45) is 0 Å². The van der Waals surface area contributed by atoms with E-state index in [9.17, 15) is 9.59 Å². The molecule has 23 heavy (non-hydrogen) atoms. The van der Waals surface area contributed by atoms with Crippen molar-refractivity contribution >= 4 is 23.4 Å². The van der Waals surface area contributed by atoms with Crippen LogP contribution < -0.4 is 10.2 Å². The lowest BCUT2D eigenvalue weighted by molar-refractivity contribution is 0.101. The van der Waals surface area contributed by atoms with Gasteiger partial charge in [-0.1, -0.05) is 5.16 Å². The predicted molar refractivity (Wildman–Crippen MR) is 81.6 cm³/mol. The van der Waals surface area contributed by atoms with Gasteiger partial charge in [0.25, 0.3) is 5.91 Å². The zero-order valence-electron chi connectivity index (χ0n) is 12.3. The van der Waals surface area contributed by atoms with Crippen molar-refractivity contribution in [1.82, 2.24) is 5.16 Å². The van der Waals surface area contributed by atoms with Crippen LogP contribution in [0.25, 0.3) is 0 Å². The van der Waals surface area contributed by atoms with Gasteiger partial charge >= 0.3 is 6.09 Å². The SMILES string of the molecule is O=C(Nc1ccc(N2CCOC2=O)cc1)c1cc(C2CC2)on1. The third-order valence-electron chi connectivity index (χ3n) is 3.94. The van der Waals surface area contributed by atoms with Gasteiger partial charge < -0.3 is 14.6 Å². The van der Waals surface area contributed by atoms with Gasteiger partial charge in [-0.05, 0) is 37.1 Å². The van der Waals surface area contributed by atoms with E-state index in [4.69, 9.17) is 9.26 Å². The molecule has 1 saturated heterocycles. The van der Waals surface area contributed by atoms with Gasteiger partial charge in [-0.15, -0.1) is 0 Å². The standard InChI is InChI=1S/C16H15N3O4/c20-15(13-9-14(23-18-13)10-1-2-10)17-11-3-5-12(6-4-11)19-7-8-22-16(19)21/h3-6,9-10H,1-2,7-8H2,(H,17,20). The van der Waals surface area contributed by atoms with E-state index in [-0.39, 0.29) is 17.7 Å². The molecule has 1 aromatic heterocycles. The summed E-state index contributed by atoms with van der Waals surface area (Å²) in [6.45, 7) is 0.931. The number of rotatable bonds is 4. The fourth-order valence-corrected chi connectivity index (χ4v) is 2.50. The van der Waals surface area contributed by atoms with Gasteiger partial charge in [-0.3, -0.25) is 9.69 Å². The Balaban J connectivity index is 1.43. The second-order valence-electron chi connectivity index (χ2n) is 5.66. The number of amides is 2. The number of benzene rings is 1. The van der Waals surface area contributed by atoms with Crippen LogP contribution in [0.2, 0.25) is 0 Å². The molecule has 0 bridgehead atoms. The van der Waals surface area contributed by atoms with Gasteiger partial charge in [-0.25, -0.2) is 4.79 Å². The molecule has 2 fully saturated rings. The smallest absolute Gasteiger partial charge is 0.414 e. The number of aromatic nitrogens is 1. The molecule has 1 aliphatic carbocycles. The first-order chi connectivity index (χ1) is 11.2. The van der Waals surface area contributed by atoms with Crippen LogP contribution in [0.3, 0.4) is 0 Å². The van der Waals surface area contributed by atoms with E-state index in [0.717, 1.165) is 24.3 Å². The zero-order chi connectivity index (χ0) is 15.8. The fourth-order valence-electron chi connectivity index (χ4n) is 2.50. The van der Waals surface area contributed by atoms with Gasteiger partial charge in [0.1, 0.15) is 12.4 Å². The number of hydrogen-bond donors (Lipinski definition) is 1. The van der Waals surface area contributed by atoms with Crippen molar-refractivity contribution in [2.75, 3.05) is 23.4 Å². The Hall–Kier alpha value is -2.83. The molecule has 1 aliphatic heterocycles. The molecule has 1 N–H and O–H groups in total. The number of anilines is 2. The molecule has 0 spiro atoms. The van der Waals surface area contributed by atoms with Crippen LogP contribution in [0.4, 0.5) is 16.2 Å². The van der Waals surface area contributed by atoms with Crippen LogP contribution in [-0.2, 0) is 4.74 Å². The zero-order valence-corrected chi connectivity index (χ0v) is 12.3. The molecule has 7 heteroatoms. The number of carbonyl (C=O) groups excluding carboxylic acids is 2. The van der Waals surface area contributed by atoms with Crippen molar-refractivity contribution < 1.29 is 18.8 Å². The summed E-state index contributed by atoms with van der Waals surface area (Å²) in [6, 6.07) is 8.70. The summed E-state index contributed by atoms with van der Waals surface area (Å²) in [5, 5.41) is 6.57. The first-order valence-electron chi connectivity index (χ1n) is 7.53. The van der Waals surface area contributed by atoms with Crippen molar-refractivity contribution in [3.05, 3.63) is 41.8 Å². The summed E-state index contributed by atoms with van der Waals surface area (Å²) in [6.07, 6.45) is 1.84. The van der Waals surface area contributed by atoms with Gasteiger partial charge in [-0.2, -0.15) is 0 Å². The number of ether oxygens (including phenoxy) is 1. The largest absolute Gasteiger partial charge is 0.447 e. The molecule has 1 aromatic carbocycles. The van der Waals surface area contributed by atoms with Crippen LogP contribution in [0, 0.1) is 0 Å². The van der Waals surface area contributed by atoms with Gasteiger partial charge in [0, 0.05) is 23.4 Å². The Kier molecular flexibility index (Phi) is 3.25. The first-order valence-corrected chi connectivity index (χ1v) is 7.53. The summed E-state index contributed by atoms with van der Waals surface area (Å²) >= 11 is 0. The minimum absolute atomic E-state index is 0.277. The molecule has 7 nitrogen and oxygen atoms in total. The monoisotopic (exact) mass is 313 g/mol. The highest BCUT2D eigenvalue weighted by Crippen LogP contribution is 2.40. The number of carbonyl (C=O) groups is 2. The average molecular weight is 313 g/mol. The summed E-state index contributed by atoms with van der Waals surface area (Å²) in [4.78, 5) is 25.2. The Morgan fingerprint density at radius 2 is 2.04 bits per heavy atom. The third kappa shape index (κ3) is 2.77. The predicted octanol–water partition coefficient (Wildman–Crippen LogP) is 2.76. The summed E-state index contributed by atoms with van der Waals surface area (Å²) in [7, 11) is 0. The molecular formula is C16H15N3O4. The van der Waals surface area contributed by atoms with E-state index in [0.29, 0.717) is 24.8 Å². The van der Waals surface area contributed by atoms with Crippen molar-refractivity contribution in [2.45, 2.75) is 18.8 Å². The van der Waals surface area contributed by atoms with Crippen molar-refractivity contribution in [1.29, 1.82) is 0 Å². The molecule has 2 aromatic rings. The molecular weight excluding hydrogens is 298 g/mol. The summed E-state index contributed by atoms with van der Waals surface area (Å²) < 4.78 is 10.1. The van der Waals surface area contributed by atoms with Gasteiger partial charge in [0.15, 0.2) is 5.69 Å². The maximum Gasteiger partial charge on any atom is 0.414 e. The molecule has 1 saturated carbocycles. The Morgan fingerprint density at radius 1 is 1.26 bits per heavy atom. The molecule has 0 atom stereocenters. The topological polar surface area (TPSA) is 84.7 Å². The first kappa shape index (κ1) is 13.8. The second kappa shape index (κ2) is 5.42. The van der Waals surface area contributed by atoms with Crippen LogP contribution in [0.1, 0.15) is 35.0 Å². The minimum Gasteiger partial charge on any atom is -0.447 e. The lowest BCUT2D eigenvalue weighted by atomic mass is 10.2. The lowest BCUT2D eigenvalue weighted by Gasteiger charge is -2.13. The molecule has 2 amide bonds. The summed E-state index contributed by atoms with van der Waals surface area (Å²) in [5.74, 6) is 0.885. The van der Waals surface area contributed by atoms with E-state index in [1.165, 1.54) is 0 Å². The van der Waals surface area contributed by atoms with Crippen LogP contribution in [0.15, 0.2) is 34.9 Å². The molecule has 0 radical (unpaired) electrons. The van der Waals surface area contributed by atoms with Crippen LogP contribution >= 0.6 is 0 Å². The van der Waals surface area contributed by atoms with Crippen LogP contribution in [0.5, 0.6) is 0 Å². The molecule has 2 aliphatic rings. The quantitative estimate of drug-likeness (QED) is 0.938. The van der Waals surface area contributed by atoms with E-state index in [1.807, 2.05) is 0 Å². The Labute approximate surface area is 132 Å². The number of hydrogen-bond acceptors (Lipinski definition) is 5. The van der Waals surface area contributed by atoms with E-state index < -0.39 is 0 Å². The highest BCUT2D eigenvalue weighted by Gasteiger charge is 2.29. The average Bonchev–Trinajstić information content (AvgIpc) is 3.12. The van der Waals surface area contributed by atoms with Gasteiger partial charge in [0.05, 0.1) is 6.54 Å². The maximum atomic E-state index is 12.1. The van der Waals surface area contributed by atoms with E-state index >= 15 is 0 Å². The lowest BCUT2D eigenvalue weighted by Crippen LogP contribution is -2.23. The van der Waals surface area contributed by atoms with Crippen molar-refractivity contribution in [3.8, 4) is 0 Å². The van der Waals surface area contributed by atoms with E-state index in [1.54, 1.807) is 35.2 Å². The fraction of sp³-hybridized carbons (Fsp3) is 0.312. The highest BCUT2D eigenvalue weighted by atomic mass is 16.6. The Bertz CT molecular complexity index is 749. The minimum atomic E-state index is -0.350. The molecule has 2 heterocycles. The van der Waals surface area contributed by atoms with Crippen molar-refractivity contribution in [3.63, 3.8) is 0 Å². The second-order valence-corrected chi connectivity index (χ2v) is 5.66. The Morgan fingerprint density at radius 3 is 2.70 bits per heavy atom. The molecule has 118 valence electrons. The highest BCUT2D eigenvalue weighted by molar-refractivity contribution is 6.03. The number of cyclic esters (lactones) is 1. The third-order valence-corrected chi connectivity index (χ3v) is 3.94. The summed E-state index contributed by atoms with van der Waals surface area (Å²) in [5.41, 5.74) is 1.64. The normalized spacial score (nSPS) is 17.2. The number of nitrogens with one attached hydrogen (secondary N) is 1. The maximum absolute atomic E-state index is 12.1. The number of nitrogens with zero attached hydrogens (tertiary/aromatic N) is 2. The van der Waals surface area contributed by atoms with Crippen LogP contribution in [-0.4, -0.2) is 30.3 Å².